The summed E-state index contributed by atoms with van der Waals surface area (Å²) in [5.41, 5.74) is 1.89. The van der Waals surface area contributed by atoms with Crippen LogP contribution in [0.4, 0.5) is 0 Å². The highest BCUT2D eigenvalue weighted by atomic mass is 32.1. The number of amides is 1. The molecule has 0 aromatic carbocycles. The van der Waals surface area contributed by atoms with Crippen molar-refractivity contribution in [3.8, 4) is 0 Å². The van der Waals surface area contributed by atoms with E-state index >= 15 is 0 Å². The molecule has 3 heterocycles. The summed E-state index contributed by atoms with van der Waals surface area (Å²) in [6.45, 7) is 3.33. The SMILES string of the molecule is CCCn1cnc2c1CN(C(=O)c1cccs1)C(C(=O)OC)C2. The van der Waals surface area contributed by atoms with Gasteiger partial charge < -0.3 is 14.2 Å². The number of hydrogen-bond donors (Lipinski definition) is 0. The number of fused-ring (bicyclic) bond motifs is 1. The molecule has 7 heteroatoms. The van der Waals surface area contributed by atoms with Crippen molar-refractivity contribution in [2.75, 3.05) is 7.11 Å². The molecule has 3 rings (SSSR count). The first-order chi connectivity index (χ1) is 11.2. The molecule has 1 amide bonds. The molecule has 1 atom stereocenters. The minimum Gasteiger partial charge on any atom is -0.467 e. The lowest BCUT2D eigenvalue weighted by Gasteiger charge is -2.33. The van der Waals surface area contributed by atoms with E-state index in [-0.39, 0.29) is 5.91 Å². The van der Waals surface area contributed by atoms with Gasteiger partial charge in [-0.15, -0.1) is 11.3 Å². The van der Waals surface area contributed by atoms with Crippen molar-refractivity contribution in [3.05, 3.63) is 40.1 Å². The van der Waals surface area contributed by atoms with Gasteiger partial charge in [-0.25, -0.2) is 9.78 Å². The summed E-state index contributed by atoms with van der Waals surface area (Å²) in [5.74, 6) is -0.532. The summed E-state index contributed by atoms with van der Waals surface area (Å²) >= 11 is 1.38. The fraction of sp³-hybridized carbons (Fsp3) is 0.438. The molecule has 2 aromatic rings. The normalized spacial score (nSPS) is 17.0. The lowest BCUT2D eigenvalue weighted by molar-refractivity contribution is -0.146. The molecule has 122 valence electrons. The highest BCUT2D eigenvalue weighted by Gasteiger charge is 2.38. The van der Waals surface area contributed by atoms with Crippen molar-refractivity contribution in [2.24, 2.45) is 0 Å². The largest absolute Gasteiger partial charge is 0.467 e. The van der Waals surface area contributed by atoms with Crippen LogP contribution in [0, 0.1) is 0 Å². The Labute approximate surface area is 138 Å². The number of imidazole rings is 1. The van der Waals surface area contributed by atoms with E-state index in [1.165, 1.54) is 18.4 Å². The second kappa shape index (κ2) is 6.54. The quantitative estimate of drug-likeness (QED) is 0.804. The zero-order valence-corrected chi connectivity index (χ0v) is 14.0. The standard InChI is InChI=1S/C16H19N3O3S/c1-3-6-18-10-17-11-8-12(16(21)22-2)19(9-13(11)18)15(20)14-5-4-7-23-14/h4-5,7,10,12H,3,6,8-9H2,1-2H3. The topological polar surface area (TPSA) is 64.4 Å². The maximum atomic E-state index is 12.8. The third-order valence-corrected chi connectivity index (χ3v) is 4.90. The Morgan fingerprint density at radius 1 is 1.48 bits per heavy atom. The Bertz CT molecular complexity index is 708. The Morgan fingerprint density at radius 2 is 2.30 bits per heavy atom. The van der Waals surface area contributed by atoms with Crippen molar-refractivity contribution in [3.63, 3.8) is 0 Å². The van der Waals surface area contributed by atoms with Gasteiger partial charge in [0.15, 0.2) is 0 Å². The molecule has 2 aromatic heterocycles. The maximum Gasteiger partial charge on any atom is 0.329 e. The number of rotatable bonds is 4. The lowest BCUT2D eigenvalue weighted by atomic mass is 10.0. The summed E-state index contributed by atoms with van der Waals surface area (Å²) in [7, 11) is 1.35. The average molecular weight is 333 g/mol. The van der Waals surface area contributed by atoms with Gasteiger partial charge in [-0.05, 0) is 17.9 Å². The van der Waals surface area contributed by atoms with Gasteiger partial charge in [-0.3, -0.25) is 4.79 Å². The molecule has 0 N–H and O–H groups in total. The van der Waals surface area contributed by atoms with E-state index in [0.29, 0.717) is 17.8 Å². The van der Waals surface area contributed by atoms with E-state index in [2.05, 4.69) is 16.5 Å². The number of aryl methyl sites for hydroxylation is 1. The molecule has 0 radical (unpaired) electrons. The van der Waals surface area contributed by atoms with Crippen LogP contribution >= 0.6 is 11.3 Å². The van der Waals surface area contributed by atoms with Crippen molar-refractivity contribution in [1.82, 2.24) is 14.5 Å². The van der Waals surface area contributed by atoms with Crippen molar-refractivity contribution in [2.45, 2.75) is 38.9 Å². The number of methoxy groups -OCH3 is 1. The van der Waals surface area contributed by atoms with Gasteiger partial charge in [0.1, 0.15) is 6.04 Å². The molecule has 0 saturated heterocycles. The Hall–Kier alpha value is -2.15. The van der Waals surface area contributed by atoms with Crippen LogP contribution in [-0.2, 0) is 29.0 Å². The molecule has 0 bridgehead atoms. The Balaban J connectivity index is 1.95. The highest BCUT2D eigenvalue weighted by Crippen LogP contribution is 2.26. The van der Waals surface area contributed by atoms with Crippen LogP contribution in [0.1, 0.15) is 34.4 Å². The van der Waals surface area contributed by atoms with Gasteiger partial charge in [0.2, 0.25) is 0 Å². The predicted molar refractivity (Wildman–Crippen MR) is 86.2 cm³/mol. The van der Waals surface area contributed by atoms with Crippen molar-refractivity contribution >= 4 is 23.2 Å². The monoisotopic (exact) mass is 333 g/mol. The van der Waals surface area contributed by atoms with E-state index in [0.717, 1.165) is 24.4 Å². The van der Waals surface area contributed by atoms with Crippen LogP contribution in [0.5, 0.6) is 0 Å². The van der Waals surface area contributed by atoms with Crippen LogP contribution in [-0.4, -0.2) is 39.5 Å². The third-order valence-electron chi connectivity index (χ3n) is 4.05. The molecular formula is C16H19N3O3S. The molecule has 23 heavy (non-hydrogen) atoms. The molecule has 1 aliphatic heterocycles. The van der Waals surface area contributed by atoms with Crippen LogP contribution in [0.15, 0.2) is 23.8 Å². The molecule has 1 unspecified atom stereocenters. The minimum atomic E-state index is -0.618. The van der Waals surface area contributed by atoms with Gasteiger partial charge in [0, 0.05) is 13.0 Å². The number of aromatic nitrogens is 2. The number of hydrogen-bond acceptors (Lipinski definition) is 5. The van der Waals surface area contributed by atoms with Crippen LogP contribution in [0.2, 0.25) is 0 Å². The smallest absolute Gasteiger partial charge is 0.329 e. The van der Waals surface area contributed by atoms with Crippen LogP contribution in [0.3, 0.4) is 0 Å². The molecule has 1 aliphatic rings. The first kappa shape index (κ1) is 15.7. The van der Waals surface area contributed by atoms with Gasteiger partial charge >= 0.3 is 5.97 Å². The first-order valence-corrected chi connectivity index (χ1v) is 8.48. The first-order valence-electron chi connectivity index (χ1n) is 7.60. The van der Waals surface area contributed by atoms with Gasteiger partial charge in [0.25, 0.3) is 5.91 Å². The molecular weight excluding hydrogens is 314 g/mol. The summed E-state index contributed by atoms with van der Waals surface area (Å²) in [4.78, 5) is 31.6. The van der Waals surface area contributed by atoms with E-state index in [1.807, 2.05) is 11.4 Å². The molecule has 6 nitrogen and oxygen atoms in total. The van der Waals surface area contributed by atoms with E-state index in [4.69, 9.17) is 4.74 Å². The van der Waals surface area contributed by atoms with Crippen LogP contribution < -0.4 is 0 Å². The van der Waals surface area contributed by atoms with Gasteiger partial charge in [0.05, 0.1) is 36.2 Å². The fourth-order valence-electron chi connectivity index (χ4n) is 2.90. The lowest BCUT2D eigenvalue weighted by Crippen LogP contribution is -2.49. The number of carbonyl (C=O) groups is 2. The number of ether oxygens (including phenoxy) is 1. The number of carbonyl (C=O) groups excluding carboxylic acids is 2. The number of thiophene rings is 1. The Morgan fingerprint density at radius 3 is 2.96 bits per heavy atom. The van der Waals surface area contributed by atoms with Crippen molar-refractivity contribution in [1.29, 1.82) is 0 Å². The zero-order valence-electron chi connectivity index (χ0n) is 13.2. The second-order valence-corrected chi connectivity index (χ2v) is 6.43. The molecule has 0 spiro atoms. The highest BCUT2D eigenvalue weighted by molar-refractivity contribution is 7.12. The summed E-state index contributed by atoms with van der Waals surface area (Å²) in [5, 5.41) is 1.86. The molecule has 0 fully saturated rings. The molecule has 0 saturated carbocycles. The summed E-state index contributed by atoms with van der Waals surface area (Å²) < 4.78 is 6.96. The average Bonchev–Trinajstić information content (AvgIpc) is 3.23. The van der Waals surface area contributed by atoms with Crippen molar-refractivity contribution < 1.29 is 14.3 Å². The maximum absolute atomic E-state index is 12.8. The van der Waals surface area contributed by atoms with E-state index < -0.39 is 12.0 Å². The predicted octanol–water partition coefficient (Wildman–Crippen LogP) is 2.09. The van der Waals surface area contributed by atoms with E-state index in [9.17, 15) is 9.59 Å². The zero-order chi connectivity index (χ0) is 16.4. The van der Waals surface area contributed by atoms with Gasteiger partial charge in [-0.2, -0.15) is 0 Å². The minimum absolute atomic E-state index is 0.134. The third kappa shape index (κ3) is 2.88. The molecule has 0 aliphatic carbocycles. The fourth-order valence-corrected chi connectivity index (χ4v) is 3.58. The van der Waals surface area contributed by atoms with Crippen LogP contribution in [0.25, 0.3) is 0 Å². The number of esters is 1. The Kier molecular flexibility index (Phi) is 4.47. The summed E-state index contributed by atoms with van der Waals surface area (Å²) in [6.07, 6.45) is 3.18. The number of nitrogens with zero attached hydrogens (tertiary/aromatic N) is 3. The summed E-state index contributed by atoms with van der Waals surface area (Å²) in [6, 6.07) is 2.99. The van der Waals surface area contributed by atoms with E-state index in [1.54, 1.807) is 17.3 Å². The second-order valence-electron chi connectivity index (χ2n) is 5.48. The van der Waals surface area contributed by atoms with Gasteiger partial charge in [-0.1, -0.05) is 13.0 Å².